The van der Waals surface area contributed by atoms with Crippen LogP contribution in [-0.4, -0.2) is 95.2 Å². The van der Waals surface area contributed by atoms with Crippen molar-refractivity contribution in [1.82, 2.24) is 25.1 Å². The van der Waals surface area contributed by atoms with Crippen LogP contribution in [0.4, 0.5) is 4.79 Å². The molecule has 41 heavy (non-hydrogen) atoms. The molecule has 0 bridgehead atoms. The second-order valence-corrected chi connectivity index (χ2v) is 10.6. The van der Waals surface area contributed by atoms with Crippen LogP contribution in [0.3, 0.4) is 0 Å². The lowest BCUT2D eigenvalue weighted by Crippen LogP contribution is -2.56. The summed E-state index contributed by atoms with van der Waals surface area (Å²) >= 11 is 0. The molecule has 1 unspecified atom stereocenters. The minimum atomic E-state index is -1.01. The highest BCUT2D eigenvalue weighted by Crippen LogP contribution is 2.22. The fourth-order valence-electron chi connectivity index (χ4n) is 4.26. The highest BCUT2D eigenvalue weighted by Gasteiger charge is 2.32. The molecule has 1 N–H and O–H groups in total. The highest BCUT2D eigenvalue weighted by molar-refractivity contribution is 5.96. The van der Waals surface area contributed by atoms with Gasteiger partial charge in [0.2, 0.25) is 5.91 Å². The van der Waals surface area contributed by atoms with Crippen molar-refractivity contribution in [2.45, 2.75) is 59.1 Å². The van der Waals surface area contributed by atoms with E-state index in [1.165, 1.54) is 11.0 Å². The van der Waals surface area contributed by atoms with Crippen molar-refractivity contribution in [3.63, 3.8) is 0 Å². The number of carbonyl (C=O) groups excluding carboxylic acids is 4. The third-order valence-electron chi connectivity index (χ3n) is 6.19. The third-order valence-corrected chi connectivity index (χ3v) is 6.19. The SMILES string of the molecule is CCOC(=O)N1CCN(C(=O)C(CCC(=O)OC(C)(C)C)NC(=O)c2cc(C)nc(-c3cccc(OC)c3)n2)CC1. The number of aromatic nitrogens is 2. The van der Waals surface area contributed by atoms with Crippen molar-refractivity contribution >= 4 is 23.9 Å². The molecule has 1 atom stereocenters. The molecule has 1 aromatic carbocycles. The van der Waals surface area contributed by atoms with Gasteiger partial charge in [0, 0.05) is 43.9 Å². The number of ether oxygens (including phenoxy) is 3. The number of nitrogens with zero attached hydrogens (tertiary/aromatic N) is 4. The molecule has 12 heteroatoms. The number of benzene rings is 1. The molecular formula is C29H39N5O7. The highest BCUT2D eigenvalue weighted by atomic mass is 16.6. The molecule has 3 amide bonds. The number of methoxy groups -OCH3 is 1. The van der Waals surface area contributed by atoms with Crippen LogP contribution >= 0.6 is 0 Å². The van der Waals surface area contributed by atoms with Gasteiger partial charge in [-0.15, -0.1) is 0 Å². The van der Waals surface area contributed by atoms with Crippen LogP contribution in [0, 0.1) is 6.92 Å². The Balaban J connectivity index is 1.79. The number of esters is 1. The van der Waals surface area contributed by atoms with Gasteiger partial charge in [-0.25, -0.2) is 14.8 Å². The normalized spacial score (nSPS) is 14.2. The molecule has 1 fully saturated rings. The van der Waals surface area contributed by atoms with E-state index in [-0.39, 0.29) is 44.1 Å². The molecular weight excluding hydrogens is 530 g/mol. The number of aryl methyl sites for hydroxylation is 1. The van der Waals surface area contributed by atoms with Crippen molar-refractivity contribution in [2.75, 3.05) is 39.9 Å². The average molecular weight is 570 g/mol. The number of nitrogens with one attached hydrogen (secondary N) is 1. The topological polar surface area (TPSA) is 140 Å². The lowest BCUT2D eigenvalue weighted by molar-refractivity contribution is -0.155. The van der Waals surface area contributed by atoms with E-state index in [2.05, 4.69) is 15.3 Å². The standard InChI is InChI=1S/C29H39N5O7/c1-7-40-28(38)34-15-13-33(14-16-34)27(37)22(11-12-24(35)41-29(3,4)5)32-26(36)23-17-19(2)30-25(31-23)20-9-8-10-21(18-20)39-6/h8-10,17-18,22H,7,11-16H2,1-6H3,(H,32,36). The summed E-state index contributed by atoms with van der Waals surface area (Å²) in [7, 11) is 1.56. The van der Waals surface area contributed by atoms with Crippen molar-refractivity contribution in [3.05, 3.63) is 41.7 Å². The zero-order valence-corrected chi connectivity index (χ0v) is 24.6. The van der Waals surface area contributed by atoms with Gasteiger partial charge in [0.25, 0.3) is 5.91 Å². The minimum absolute atomic E-state index is 0.0321. The van der Waals surface area contributed by atoms with Gasteiger partial charge in [-0.05, 0) is 59.2 Å². The molecule has 2 heterocycles. The van der Waals surface area contributed by atoms with E-state index in [1.54, 1.807) is 64.8 Å². The summed E-state index contributed by atoms with van der Waals surface area (Å²) < 4.78 is 15.7. The van der Waals surface area contributed by atoms with Gasteiger partial charge in [0.05, 0.1) is 13.7 Å². The van der Waals surface area contributed by atoms with E-state index >= 15 is 0 Å². The van der Waals surface area contributed by atoms with Crippen LogP contribution < -0.4 is 10.1 Å². The van der Waals surface area contributed by atoms with Gasteiger partial charge in [0.1, 0.15) is 23.1 Å². The Morgan fingerprint density at radius 2 is 1.71 bits per heavy atom. The molecule has 2 aromatic rings. The molecule has 3 rings (SSSR count). The van der Waals surface area contributed by atoms with Crippen molar-refractivity contribution in [1.29, 1.82) is 0 Å². The average Bonchev–Trinajstić information content (AvgIpc) is 2.93. The number of rotatable bonds is 9. The predicted molar refractivity (Wildman–Crippen MR) is 150 cm³/mol. The fraction of sp³-hybridized carbons (Fsp3) is 0.517. The maximum Gasteiger partial charge on any atom is 0.409 e. The summed E-state index contributed by atoms with van der Waals surface area (Å²) in [6.45, 7) is 10.1. The summed E-state index contributed by atoms with van der Waals surface area (Å²) in [6.07, 6.45) is -0.473. The second-order valence-electron chi connectivity index (χ2n) is 10.6. The number of amides is 3. The van der Waals surface area contributed by atoms with Gasteiger partial charge in [-0.2, -0.15) is 0 Å². The summed E-state index contributed by atoms with van der Waals surface area (Å²) in [6, 6.07) is 7.68. The van der Waals surface area contributed by atoms with Crippen molar-refractivity contribution in [3.8, 4) is 17.1 Å². The smallest absolute Gasteiger partial charge is 0.409 e. The number of piperazine rings is 1. The lowest BCUT2D eigenvalue weighted by Gasteiger charge is -2.36. The van der Waals surface area contributed by atoms with Crippen molar-refractivity contribution in [2.24, 2.45) is 0 Å². The molecule has 222 valence electrons. The Morgan fingerprint density at radius 3 is 2.34 bits per heavy atom. The first-order valence-electron chi connectivity index (χ1n) is 13.6. The van der Waals surface area contributed by atoms with E-state index in [1.807, 2.05) is 6.07 Å². The molecule has 0 radical (unpaired) electrons. The second kappa shape index (κ2) is 13.9. The van der Waals surface area contributed by atoms with Crippen LogP contribution in [0.2, 0.25) is 0 Å². The maximum absolute atomic E-state index is 13.6. The van der Waals surface area contributed by atoms with Gasteiger partial charge in [-0.3, -0.25) is 14.4 Å². The number of hydrogen-bond acceptors (Lipinski definition) is 9. The van der Waals surface area contributed by atoms with Crippen molar-refractivity contribution < 1.29 is 33.4 Å². The molecule has 0 spiro atoms. The minimum Gasteiger partial charge on any atom is -0.497 e. The zero-order chi connectivity index (χ0) is 30.2. The predicted octanol–water partition coefficient (Wildman–Crippen LogP) is 2.98. The summed E-state index contributed by atoms with van der Waals surface area (Å²) in [5, 5.41) is 2.77. The van der Waals surface area contributed by atoms with Crippen LogP contribution in [-0.2, 0) is 19.1 Å². The number of carbonyl (C=O) groups is 4. The largest absolute Gasteiger partial charge is 0.497 e. The molecule has 0 aliphatic carbocycles. The zero-order valence-electron chi connectivity index (χ0n) is 24.6. The Hall–Kier alpha value is -4.22. The summed E-state index contributed by atoms with van der Waals surface area (Å²) in [4.78, 5) is 63.5. The van der Waals surface area contributed by atoms with E-state index in [0.717, 1.165) is 0 Å². The van der Waals surface area contributed by atoms with Gasteiger partial charge in [-0.1, -0.05) is 12.1 Å². The van der Waals surface area contributed by atoms with Gasteiger partial charge >= 0.3 is 12.1 Å². The van der Waals surface area contributed by atoms with Crippen LogP contribution in [0.1, 0.15) is 56.7 Å². The first kappa shape index (κ1) is 31.3. The Kier molecular flexibility index (Phi) is 10.6. The molecule has 1 saturated heterocycles. The third kappa shape index (κ3) is 9.16. The number of hydrogen-bond donors (Lipinski definition) is 1. The first-order valence-corrected chi connectivity index (χ1v) is 13.6. The van der Waals surface area contributed by atoms with Crippen LogP contribution in [0.5, 0.6) is 5.75 Å². The molecule has 1 aliphatic rings. The Morgan fingerprint density at radius 1 is 1.02 bits per heavy atom. The van der Waals surface area contributed by atoms with Crippen LogP contribution in [0.25, 0.3) is 11.4 Å². The molecule has 1 aromatic heterocycles. The van der Waals surface area contributed by atoms with E-state index < -0.39 is 29.6 Å². The molecule has 1 aliphatic heterocycles. The molecule has 0 saturated carbocycles. The summed E-state index contributed by atoms with van der Waals surface area (Å²) in [5.41, 5.74) is 0.629. The van der Waals surface area contributed by atoms with E-state index in [9.17, 15) is 19.2 Å². The van der Waals surface area contributed by atoms with Gasteiger partial charge < -0.3 is 29.3 Å². The Labute approximate surface area is 240 Å². The van der Waals surface area contributed by atoms with E-state index in [4.69, 9.17) is 14.2 Å². The maximum atomic E-state index is 13.6. The fourth-order valence-corrected chi connectivity index (χ4v) is 4.26. The monoisotopic (exact) mass is 569 g/mol. The van der Waals surface area contributed by atoms with Crippen LogP contribution in [0.15, 0.2) is 30.3 Å². The lowest BCUT2D eigenvalue weighted by atomic mass is 10.1. The molecule has 12 nitrogen and oxygen atoms in total. The van der Waals surface area contributed by atoms with E-state index in [0.29, 0.717) is 35.9 Å². The van der Waals surface area contributed by atoms with Gasteiger partial charge in [0.15, 0.2) is 5.82 Å². The quantitative estimate of drug-likeness (QED) is 0.451. The Bertz CT molecular complexity index is 1250. The first-order chi connectivity index (χ1) is 19.4. The summed E-state index contributed by atoms with van der Waals surface area (Å²) in [5.74, 6) is -0.457.